The van der Waals surface area contributed by atoms with Crippen molar-refractivity contribution in [3.8, 4) is 17.2 Å². The lowest BCUT2D eigenvalue weighted by Gasteiger charge is -2.35. The summed E-state index contributed by atoms with van der Waals surface area (Å²) >= 11 is 12.8. The fourth-order valence-corrected chi connectivity index (χ4v) is 5.70. The second-order valence-corrected chi connectivity index (χ2v) is 10.7. The molecule has 1 fully saturated rings. The van der Waals surface area contributed by atoms with Crippen molar-refractivity contribution in [2.75, 3.05) is 26.2 Å². The summed E-state index contributed by atoms with van der Waals surface area (Å²) in [5.74, 6) is 0. The van der Waals surface area contributed by atoms with Gasteiger partial charge in [0.15, 0.2) is 0 Å². The minimum absolute atomic E-state index is 0.690. The maximum Gasteiger partial charge on any atom is 0.0991 e. The first-order valence-corrected chi connectivity index (χ1v) is 13.8. The second-order valence-electron chi connectivity index (χ2n) is 9.88. The number of aryl methyl sites for hydroxylation is 1. The highest BCUT2D eigenvalue weighted by molar-refractivity contribution is 6.35. The molecule has 37 heavy (non-hydrogen) atoms. The van der Waals surface area contributed by atoms with E-state index < -0.39 is 0 Å². The zero-order valence-electron chi connectivity index (χ0n) is 21.3. The summed E-state index contributed by atoms with van der Waals surface area (Å²) in [4.78, 5) is 4.96. The fraction of sp³-hybridized carbons (Fsp3) is 0.323. The topological polar surface area (TPSA) is 35.2 Å². The summed E-state index contributed by atoms with van der Waals surface area (Å²) in [7, 11) is 0. The normalized spacial score (nSPS) is 14.8. The van der Waals surface area contributed by atoms with Crippen molar-refractivity contribution in [2.24, 2.45) is 0 Å². The number of rotatable bonds is 8. The number of hydrogen-bond donors (Lipinski definition) is 0. The van der Waals surface area contributed by atoms with Crippen molar-refractivity contribution < 1.29 is 0 Å². The Morgan fingerprint density at radius 2 is 1.54 bits per heavy atom. The molecule has 6 heteroatoms. The Labute approximate surface area is 229 Å². The molecule has 0 spiro atoms. The van der Waals surface area contributed by atoms with Crippen LogP contribution in [0.5, 0.6) is 0 Å². The highest BCUT2D eigenvalue weighted by atomic mass is 35.5. The van der Waals surface area contributed by atoms with E-state index in [0.717, 1.165) is 73.4 Å². The Morgan fingerprint density at radius 3 is 2.19 bits per heavy atom. The first-order valence-electron chi connectivity index (χ1n) is 13.1. The van der Waals surface area contributed by atoms with Crippen molar-refractivity contribution in [3.63, 3.8) is 0 Å². The van der Waals surface area contributed by atoms with E-state index in [0.29, 0.717) is 5.56 Å². The smallest absolute Gasteiger partial charge is 0.0991 e. The maximum atomic E-state index is 9.21. The largest absolute Gasteiger partial charge is 0.347 e. The van der Waals surface area contributed by atoms with Crippen molar-refractivity contribution >= 4 is 34.1 Å². The maximum absolute atomic E-state index is 9.21. The number of nitriles is 1. The molecule has 1 aliphatic rings. The van der Waals surface area contributed by atoms with E-state index in [2.05, 4.69) is 63.9 Å². The van der Waals surface area contributed by atoms with Crippen molar-refractivity contribution in [2.45, 2.75) is 39.4 Å². The zero-order chi connectivity index (χ0) is 25.8. The minimum atomic E-state index is 0.690. The van der Waals surface area contributed by atoms with Gasteiger partial charge in [-0.05, 0) is 53.9 Å². The van der Waals surface area contributed by atoms with E-state index >= 15 is 0 Å². The van der Waals surface area contributed by atoms with Crippen LogP contribution in [0.15, 0.2) is 66.9 Å². The van der Waals surface area contributed by atoms with E-state index in [1.165, 1.54) is 28.5 Å². The molecule has 4 aromatic rings. The second kappa shape index (κ2) is 11.7. The molecule has 0 unspecified atom stereocenters. The molecule has 0 amide bonds. The van der Waals surface area contributed by atoms with Crippen LogP contribution in [-0.2, 0) is 19.6 Å². The average molecular weight is 532 g/mol. The van der Waals surface area contributed by atoms with Gasteiger partial charge < -0.3 is 4.57 Å². The first-order chi connectivity index (χ1) is 18.1. The van der Waals surface area contributed by atoms with Crippen LogP contribution in [0.3, 0.4) is 0 Å². The predicted octanol–water partition coefficient (Wildman–Crippen LogP) is 7.60. The van der Waals surface area contributed by atoms with Crippen LogP contribution in [0.25, 0.3) is 22.0 Å². The molecule has 1 aromatic heterocycles. The Hall–Kier alpha value is -2.81. The molecule has 0 aliphatic carbocycles. The Morgan fingerprint density at radius 1 is 0.865 bits per heavy atom. The van der Waals surface area contributed by atoms with E-state index in [1.54, 1.807) is 0 Å². The van der Waals surface area contributed by atoms with Gasteiger partial charge in [-0.25, -0.2) is 0 Å². The summed E-state index contributed by atoms with van der Waals surface area (Å²) in [6, 6.07) is 22.8. The van der Waals surface area contributed by atoms with E-state index in [4.69, 9.17) is 23.2 Å². The summed E-state index contributed by atoms with van der Waals surface area (Å²) in [6.45, 7) is 8.98. The fourth-order valence-electron chi connectivity index (χ4n) is 5.18. The lowest BCUT2D eigenvalue weighted by molar-refractivity contribution is 0.122. The lowest BCUT2D eigenvalue weighted by atomic mass is 10.0. The standard InChI is InChI=1S/C31H32Cl2N4/c1-2-3-13-37-22-27(25-10-7-23(19-34)8-11-25)26-18-24(9-12-31(26)37)20-35-14-16-36(17-15-35)21-28-29(32)5-4-6-30(28)33/h4-12,18,22H,2-3,13-17,20-21H2,1H3. The number of unbranched alkanes of at least 4 members (excludes halogenated alkanes) is 1. The van der Waals surface area contributed by atoms with Gasteiger partial charge in [0.25, 0.3) is 0 Å². The SMILES string of the molecule is CCCCn1cc(-c2ccc(C#N)cc2)c2cc(CN3CCN(Cc4c(Cl)cccc4Cl)CC3)ccc21. The van der Waals surface area contributed by atoms with Gasteiger partial charge in [0, 0.05) is 84.1 Å². The number of nitrogens with zero attached hydrogens (tertiary/aromatic N) is 4. The molecule has 0 N–H and O–H groups in total. The Bertz CT molecular complexity index is 1390. The number of piperazine rings is 1. The molecule has 0 bridgehead atoms. The van der Waals surface area contributed by atoms with Gasteiger partial charge in [-0.1, -0.05) is 60.8 Å². The molecule has 1 aliphatic heterocycles. The van der Waals surface area contributed by atoms with Crippen LogP contribution in [0, 0.1) is 11.3 Å². The molecule has 190 valence electrons. The van der Waals surface area contributed by atoms with Gasteiger partial charge in [0.05, 0.1) is 11.6 Å². The molecular formula is C31H32Cl2N4. The molecule has 0 atom stereocenters. The van der Waals surface area contributed by atoms with Gasteiger partial charge in [-0.3, -0.25) is 9.80 Å². The van der Waals surface area contributed by atoms with Crippen LogP contribution in [0.1, 0.15) is 36.5 Å². The molecule has 4 nitrogen and oxygen atoms in total. The molecule has 0 radical (unpaired) electrons. The molecule has 5 rings (SSSR count). The monoisotopic (exact) mass is 530 g/mol. The van der Waals surface area contributed by atoms with Gasteiger partial charge >= 0.3 is 0 Å². The summed E-state index contributed by atoms with van der Waals surface area (Å²) < 4.78 is 2.38. The molecule has 3 aromatic carbocycles. The Balaban J connectivity index is 1.32. The third-order valence-corrected chi connectivity index (χ3v) is 8.05. The number of benzene rings is 3. The third-order valence-electron chi connectivity index (χ3n) is 7.34. The number of aromatic nitrogens is 1. The van der Waals surface area contributed by atoms with Crippen LogP contribution in [0.2, 0.25) is 10.0 Å². The average Bonchev–Trinajstić information content (AvgIpc) is 3.28. The minimum Gasteiger partial charge on any atom is -0.347 e. The summed E-state index contributed by atoms with van der Waals surface area (Å²) in [5.41, 5.74) is 6.71. The van der Waals surface area contributed by atoms with E-state index in [1.807, 2.05) is 30.3 Å². The van der Waals surface area contributed by atoms with Gasteiger partial charge in [0.2, 0.25) is 0 Å². The van der Waals surface area contributed by atoms with E-state index in [-0.39, 0.29) is 0 Å². The van der Waals surface area contributed by atoms with Crippen LogP contribution in [0.4, 0.5) is 0 Å². The quantitative estimate of drug-likeness (QED) is 0.235. The van der Waals surface area contributed by atoms with Crippen LogP contribution >= 0.6 is 23.2 Å². The van der Waals surface area contributed by atoms with Crippen LogP contribution in [-0.4, -0.2) is 40.5 Å². The first kappa shape index (κ1) is 25.8. The van der Waals surface area contributed by atoms with Gasteiger partial charge in [0.1, 0.15) is 0 Å². The van der Waals surface area contributed by atoms with Crippen LogP contribution < -0.4 is 0 Å². The van der Waals surface area contributed by atoms with Crippen molar-refractivity contribution in [1.82, 2.24) is 14.4 Å². The number of halogens is 2. The van der Waals surface area contributed by atoms with Crippen molar-refractivity contribution in [3.05, 3.63) is 93.6 Å². The lowest BCUT2D eigenvalue weighted by Crippen LogP contribution is -2.45. The Kier molecular flexibility index (Phi) is 8.17. The summed E-state index contributed by atoms with van der Waals surface area (Å²) in [6.07, 6.45) is 4.60. The van der Waals surface area contributed by atoms with E-state index in [9.17, 15) is 5.26 Å². The van der Waals surface area contributed by atoms with Gasteiger partial charge in [-0.15, -0.1) is 0 Å². The number of hydrogen-bond acceptors (Lipinski definition) is 3. The molecule has 0 saturated carbocycles. The molecular weight excluding hydrogens is 499 g/mol. The zero-order valence-corrected chi connectivity index (χ0v) is 22.8. The van der Waals surface area contributed by atoms with Crippen molar-refractivity contribution in [1.29, 1.82) is 5.26 Å². The van der Waals surface area contributed by atoms with Gasteiger partial charge in [-0.2, -0.15) is 5.26 Å². The highest BCUT2D eigenvalue weighted by Crippen LogP contribution is 2.33. The molecule has 1 saturated heterocycles. The summed E-state index contributed by atoms with van der Waals surface area (Å²) in [5, 5.41) is 12.0. The molecule has 2 heterocycles. The highest BCUT2D eigenvalue weighted by Gasteiger charge is 2.20. The number of fused-ring (bicyclic) bond motifs is 1. The predicted molar refractivity (Wildman–Crippen MR) is 154 cm³/mol. The third kappa shape index (κ3) is 5.87.